The molecule has 1 aromatic rings. The Bertz CT molecular complexity index is 583. The largest absolute Gasteiger partial charge is 0.378 e. The molecule has 1 saturated heterocycles. The van der Waals surface area contributed by atoms with Gasteiger partial charge in [0.05, 0.1) is 11.1 Å². The van der Waals surface area contributed by atoms with E-state index in [4.69, 9.17) is 16.3 Å². The molecule has 2 heterocycles. The summed E-state index contributed by atoms with van der Waals surface area (Å²) < 4.78 is 31.4. The maximum atomic E-state index is 11.9. The van der Waals surface area contributed by atoms with E-state index >= 15 is 0 Å². The highest BCUT2D eigenvalue weighted by atomic mass is 35.5. The average molecular weight is 333 g/mol. The number of amides is 1. The molecule has 1 atom stereocenters. The van der Waals surface area contributed by atoms with Crippen molar-refractivity contribution < 1.29 is 17.9 Å². The first kappa shape index (κ1) is 16.2. The molecule has 1 aromatic heterocycles. The molecule has 1 aliphatic heterocycles. The van der Waals surface area contributed by atoms with Crippen LogP contribution in [0.15, 0.2) is 23.4 Å². The standard InChI is InChI=1S/C13H17ClN2O4S/c14-10-4-7-13(15-9-10)21(18,19)16-12(17)6-5-11-3-1-2-8-20-11/h4,7,9,11H,1-3,5-6,8H2,(H,16,17). The van der Waals surface area contributed by atoms with E-state index < -0.39 is 15.9 Å². The topological polar surface area (TPSA) is 85.4 Å². The summed E-state index contributed by atoms with van der Waals surface area (Å²) in [5.74, 6) is -0.555. The lowest BCUT2D eigenvalue weighted by molar-refractivity contribution is -0.120. The molecule has 0 aromatic carbocycles. The van der Waals surface area contributed by atoms with Crippen molar-refractivity contribution in [3.8, 4) is 0 Å². The lowest BCUT2D eigenvalue weighted by atomic mass is 10.0. The number of aromatic nitrogens is 1. The van der Waals surface area contributed by atoms with E-state index in [-0.39, 0.29) is 17.6 Å². The highest BCUT2D eigenvalue weighted by molar-refractivity contribution is 7.90. The van der Waals surface area contributed by atoms with E-state index in [1.165, 1.54) is 18.3 Å². The second-order valence-electron chi connectivity index (χ2n) is 4.87. The monoisotopic (exact) mass is 332 g/mol. The van der Waals surface area contributed by atoms with Gasteiger partial charge in [-0.15, -0.1) is 0 Å². The number of hydrogen-bond donors (Lipinski definition) is 1. The van der Waals surface area contributed by atoms with E-state index in [2.05, 4.69) is 4.98 Å². The Hall–Kier alpha value is -1.18. The summed E-state index contributed by atoms with van der Waals surface area (Å²) in [5, 5.41) is 0.101. The third kappa shape index (κ3) is 4.94. The fourth-order valence-electron chi connectivity index (χ4n) is 2.10. The van der Waals surface area contributed by atoms with Crippen LogP contribution in [0.3, 0.4) is 0 Å². The fraction of sp³-hybridized carbons (Fsp3) is 0.538. The summed E-state index contributed by atoms with van der Waals surface area (Å²) in [6.45, 7) is 0.708. The number of halogens is 1. The number of pyridine rings is 1. The molecular weight excluding hydrogens is 316 g/mol. The molecule has 1 aliphatic rings. The molecule has 0 bridgehead atoms. The highest BCUT2D eigenvalue weighted by Crippen LogP contribution is 2.17. The summed E-state index contributed by atoms with van der Waals surface area (Å²) in [4.78, 5) is 15.4. The van der Waals surface area contributed by atoms with Gasteiger partial charge >= 0.3 is 0 Å². The lowest BCUT2D eigenvalue weighted by Gasteiger charge is -2.22. The minimum atomic E-state index is -3.94. The molecule has 116 valence electrons. The first-order chi connectivity index (χ1) is 9.97. The van der Waals surface area contributed by atoms with E-state index in [0.29, 0.717) is 18.1 Å². The second kappa shape index (κ2) is 7.20. The van der Waals surface area contributed by atoms with E-state index in [1.54, 1.807) is 0 Å². The Kier molecular flexibility index (Phi) is 5.55. The van der Waals surface area contributed by atoms with Crippen LogP contribution in [0.2, 0.25) is 5.02 Å². The summed E-state index contributed by atoms with van der Waals surface area (Å²) in [6, 6.07) is 2.66. The van der Waals surface area contributed by atoms with Gasteiger partial charge in [0.1, 0.15) is 0 Å². The van der Waals surface area contributed by atoms with Crippen LogP contribution in [0.4, 0.5) is 0 Å². The van der Waals surface area contributed by atoms with Crippen LogP contribution >= 0.6 is 11.6 Å². The zero-order valence-corrected chi connectivity index (χ0v) is 13.0. The summed E-state index contributed by atoms with van der Waals surface area (Å²) >= 11 is 5.64. The molecule has 21 heavy (non-hydrogen) atoms. The van der Waals surface area contributed by atoms with Gasteiger partial charge in [-0.05, 0) is 37.8 Å². The van der Waals surface area contributed by atoms with Crippen molar-refractivity contribution in [1.29, 1.82) is 0 Å². The second-order valence-corrected chi connectivity index (χ2v) is 6.94. The van der Waals surface area contributed by atoms with Gasteiger partial charge in [-0.1, -0.05) is 11.6 Å². The SMILES string of the molecule is O=C(CCC1CCCCO1)NS(=O)(=O)c1ccc(Cl)cn1. The predicted molar refractivity (Wildman–Crippen MR) is 77.4 cm³/mol. The van der Waals surface area contributed by atoms with Crippen molar-refractivity contribution >= 4 is 27.5 Å². The zero-order chi connectivity index (χ0) is 15.3. The van der Waals surface area contributed by atoms with Gasteiger partial charge in [0.2, 0.25) is 5.91 Å². The van der Waals surface area contributed by atoms with Crippen molar-refractivity contribution in [1.82, 2.24) is 9.71 Å². The summed E-state index contributed by atoms with van der Waals surface area (Å²) in [7, 11) is -3.94. The minimum Gasteiger partial charge on any atom is -0.378 e. The molecule has 1 fully saturated rings. The lowest BCUT2D eigenvalue weighted by Crippen LogP contribution is -2.32. The van der Waals surface area contributed by atoms with Crippen molar-refractivity contribution in [2.45, 2.75) is 43.2 Å². The maximum Gasteiger partial charge on any atom is 0.281 e. The van der Waals surface area contributed by atoms with E-state index in [1.807, 2.05) is 4.72 Å². The van der Waals surface area contributed by atoms with Crippen molar-refractivity contribution in [2.75, 3.05) is 6.61 Å². The third-order valence-electron chi connectivity index (χ3n) is 3.19. The van der Waals surface area contributed by atoms with Crippen LogP contribution in [0.25, 0.3) is 0 Å². The Morgan fingerprint density at radius 2 is 2.24 bits per heavy atom. The predicted octanol–water partition coefficient (Wildman–Crippen LogP) is 1.89. The quantitative estimate of drug-likeness (QED) is 0.890. The third-order valence-corrected chi connectivity index (χ3v) is 4.70. The first-order valence-electron chi connectivity index (χ1n) is 6.76. The number of nitrogens with zero attached hydrogens (tertiary/aromatic N) is 1. The molecule has 0 saturated carbocycles. The van der Waals surface area contributed by atoms with Crippen LogP contribution in [0.5, 0.6) is 0 Å². The average Bonchev–Trinajstić information content (AvgIpc) is 2.46. The molecule has 0 spiro atoms. The summed E-state index contributed by atoms with van der Waals surface area (Å²) in [6.07, 6.45) is 4.93. The highest BCUT2D eigenvalue weighted by Gasteiger charge is 2.21. The Balaban J connectivity index is 1.87. The smallest absolute Gasteiger partial charge is 0.281 e. The molecule has 1 N–H and O–H groups in total. The Labute approximate surface area is 128 Å². The number of carbonyl (C=O) groups excluding carboxylic acids is 1. The number of ether oxygens (including phenoxy) is 1. The maximum absolute atomic E-state index is 11.9. The number of hydrogen-bond acceptors (Lipinski definition) is 5. The molecule has 1 amide bonds. The van der Waals surface area contributed by atoms with Crippen LogP contribution in [0, 0.1) is 0 Å². The van der Waals surface area contributed by atoms with Crippen LogP contribution in [-0.4, -0.2) is 32.0 Å². The number of nitrogens with one attached hydrogen (secondary N) is 1. The number of carbonyl (C=O) groups is 1. The molecule has 1 unspecified atom stereocenters. The van der Waals surface area contributed by atoms with Gasteiger partial charge in [0.25, 0.3) is 10.0 Å². The number of rotatable bonds is 5. The molecule has 6 nitrogen and oxygen atoms in total. The molecule has 0 aliphatic carbocycles. The molecular formula is C13H17ClN2O4S. The first-order valence-corrected chi connectivity index (χ1v) is 8.62. The Morgan fingerprint density at radius 3 is 2.86 bits per heavy atom. The molecule has 8 heteroatoms. The van der Waals surface area contributed by atoms with Gasteiger partial charge in [0, 0.05) is 19.2 Å². The molecule has 0 radical (unpaired) electrons. The Morgan fingerprint density at radius 1 is 1.43 bits per heavy atom. The van der Waals surface area contributed by atoms with Crippen molar-refractivity contribution in [3.05, 3.63) is 23.4 Å². The van der Waals surface area contributed by atoms with Crippen molar-refractivity contribution in [3.63, 3.8) is 0 Å². The van der Waals surface area contributed by atoms with E-state index in [0.717, 1.165) is 19.3 Å². The zero-order valence-electron chi connectivity index (χ0n) is 11.4. The van der Waals surface area contributed by atoms with Gasteiger partial charge in [-0.25, -0.2) is 9.71 Å². The van der Waals surface area contributed by atoms with Gasteiger partial charge in [0.15, 0.2) is 5.03 Å². The van der Waals surface area contributed by atoms with E-state index in [9.17, 15) is 13.2 Å². The summed E-state index contributed by atoms with van der Waals surface area (Å²) in [5.41, 5.74) is 0. The van der Waals surface area contributed by atoms with Gasteiger partial charge in [-0.2, -0.15) is 8.42 Å². The van der Waals surface area contributed by atoms with Gasteiger partial charge < -0.3 is 4.74 Å². The van der Waals surface area contributed by atoms with Crippen LogP contribution < -0.4 is 4.72 Å². The molecule has 2 rings (SSSR count). The minimum absolute atomic E-state index is 0.0425. The fourth-order valence-corrected chi connectivity index (χ4v) is 3.16. The van der Waals surface area contributed by atoms with Gasteiger partial charge in [-0.3, -0.25) is 4.79 Å². The van der Waals surface area contributed by atoms with Crippen LogP contribution in [0.1, 0.15) is 32.1 Å². The normalized spacial score (nSPS) is 19.2. The van der Waals surface area contributed by atoms with Crippen molar-refractivity contribution in [2.24, 2.45) is 0 Å². The van der Waals surface area contributed by atoms with Crippen LogP contribution in [-0.2, 0) is 19.6 Å². The number of sulfonamides is 1.